The van der Waals surface area contributed by atoms with E-state index in [1.807, 2.05) is 18.2 Å². The van der Waals surface area contributed by atoms with Gasteiger partial charge >= 0.3 is 0 Å². The first-order chi connectivity index (χ1) is 13.6. The van der Waals surface area contributed by atoms with E-state index in [-0.39, 0.29) is 0 Å². The molecule has 0 bridgehead atoms. The minimum Gasteiger partial charge on any atom is -0.495 e. The predicted molar refractivity (Wildman–Crippen MR) is 131 cm³/mol. The predicted octanol–water partition coefficient (Wildman–Crippen LogP) is 6.82. The minimum atomic E-state index is 0.436. The van der Waals surface area contributed by atoms with Gasteiger partial charge in [-0.15, -0.1) is 0 Å². The molecule has 0 aliphatic heterocycles. The van der Waals surface area contributed by atoms with Gasteiger partial charge in [0.15, 0.2) is 0 Å². The van der Waals surface area contributed by atoms with Crippen molar-refractivity contribution in [1.82, 2.24) is 0 Å². The summed E-state index contributed by atoms with van der Waals surface area (Å²) in [7, 11) is 1.68. The number of benzene rings is 2. The van der Waals surface area contributed by atoms with Gasteiger partial charge in [0.25, 0.3) is 0 Å². The third kappa shape index (κ3) is 6.15. The minimum absolute atomic E-state index is 0.436. The summed E-state index contributed by atoms with van der Waals surface area (Å²) in [4.78, 5) is 0.936. The van der Waals surface area contributed by atoms with Crippen molar-refractivity contribution in [2.24, 2.45) is 11.8 Å². The van der Waals surface area contributed by atoms with E-state index in [9.17, 15) is 0 Å². The van der Waals surface area contributed by atoms with Gasteiger partial charge in [0.2, 0.25) is 0 Å². The number of hydrogen-bond acceptors (Lipinski definition) is 3. The van der Waals surface area contributed by atoms with Crippen molar-refractivity contribution in [3.63, 3.8) is 0 Å². The van der Waals surface area contributed by atoms with Gasteiger partial charge in [-0.2, -0.15) is 0 Å². The Kier molecular flexibility index (Phi) is 8.56. The average molecular weight is 574 g/mol. The van der Waals surface area contributed by atoms with E-state index in [2.05, 4.69) is 68.1 Å². The molecule has 28 heavy (non-hydrogen) atoms. The van der Waals surface area contributed by atoms with Gasteiger partial charge in [-0.25, -0.2) is 0 Å². The molecule has 1 aliphatic rings. The van der Waals surface area contributed by atoms with Gasteiger partial charge in [-0.3, -0.25) is 0 Å². The highest BCUT2D eigenvalue weighted by molar-refractivity contribution is 14.1. The highest BCUT2D eigenvalue weighted by Crippen LogP contribution is 2.34. The topological polar surface area (TPSA) is 30.5 Å². The number of ether oxygens (including phenoxy) is 2. The number of nitrogens with one attached hydrogen (secondary N) is 1. The van der Waals surface area contributed by atoms with Crippen molar-refractivity contribution >= 4 is 61.4 Å². The lowest BCUT2D eigenvalue weighted by atomic mass is 9.82. The number of halogens is 2. The van der Waals surface area contributed by atoms with Gasteiger partial charge in [0.05, 0.1) is 28.9 Å². The molecule has 3 nitrogen and oxygen atoms in total. The Balaban J connectivity index is 1.45. The molecule has 3 rings (SSSR count). The van der Waals surface area contributed by atoms with Crippen LogP contribution in [0.5, 0.6) is 5.75 Å². The quantitative estimate of drug-likeness (QED) is 0.291. The fourth-order valence-electron chi connectivity index (χ4n) is 3.53. The van der Waals surface area contributed by atoms with Crippen LogP contribution in [0, 0.1) is 15.4 Å². The second kappa shape index (κ2) is 10.9. The van der Waals surface area contributed by atoms with Crippen LogP contribution in [0.1, 0.15) is 31.2 Å². The van der Waals surface area contributed by atoms with E-state index in [1.54, 1.807) is 7.11 Å². The first-order valence-electron chi connectivity index (χ1n) is 9.52. The van der Waals surface area contributed by atoms with Gasteiger partial charge < -0.3 is 14.8 Å². The lowest BCUT2D eigenvalue weighted by Gasteiger charge is -2.29. The van der Waals surface area contributed by atoms with E-state index < -0.39 is 0 Å². The summed E-state index contributed by atoms with van der Waals surface area (Å²) in [5.41, 5.74) is 2.25. The Morgan fingerprint density at radius 3 is 2.57 bits per heavy atom. The van der Waals surface area contributed by atoms with Crippen molar-refractivity contribution in [3.05, 3.63) is 56.1 Å². The molecular weight excluding hydrogens is 549 g/mol. The largest absolute Gasteiger partial charge is 0.495 e. The molecule has 0 amide bonds. The van der Waals surface area contributed by atoms with Crippen molar-refractivity contribution < 1.29 is 9.47 Å². The van der Waals surface area contributed by atoms with Crippen LogP contribution >= 0.6 is 50.7 Å². The maximum Gasteiger partial charge on any atom is 0.135 e. The number of methoxy groups -OCH3 is 1. The summed E-state index contributed by atoms with van der Waals surface area (Å²) in [6.45, 7) is 1.54. The molecule has 1 fully saturated rings. The summed E-state index contributed by atoms with van der Waals surface area (Å²) in [6, 6.07) is 14.4. The normalized spacial score (nSPS) is 19.2. The number of rotatable bonds is 7. The second-order valence-corrected chi connectivity index (χ2v) is 9.63. The molecule has 0 heterocycles. The zero-order chi connectivity index (χ0) is 19.9. The first-order valence-corrected chi connectivity index (χ1v) is 11.8. The van der Waals surface area contributed by atoms with Crippen molar-refractivity contribution in [2.75, 3.05) is 19.0 Å². The standard InChI is InChI=1S/C22H25BrINO2S/c1-26-21-12-20(19(24)11-18(21)23)25-22(28)17-9-7-16(8-10-17)14-27-13-15-5-3-2-4-6-15/h2-6,11-12,16-17H,7-10,13-14H2,1H3,(H,25,28)/t16-,17-. The summed E-state index contributed by atoms with van der Waals surface area (Å²) in [5.74, 6) is 1.88. The fourth-order valence-corrected chi connectivity index (χ4v) is 5.41. The van der Waals surface area contributed by atoms with Crippen LogP contribution in [-0.4, -0.2) is 18.7 Å². The van der Waals surface area contributed by atoms with E-state index >= 15 is 0 Å². The molecule has 6 heteroatoms. The molecule has 2 aromatic carbocycles. The number of thiocarbonyl (C=S) groups is 1. The Labute approximate surface area is 194 Å². The number of hydrogen-bond donors (Lipinski definition) is 1. The first kappa shape index (κ1) is 22.0. The van der Waals surface area contributed by atoms with Crippen LogP contribution in [-0.2, 0) is 11.3 Å². The Morgan fingerprint density at radius 2 is 1.89 bits per heavy atom. The smallest absolute Gasteiger partial charge is 0.135 e. The van der Waals surface area contributed by atoms with Crippen LogP contribution in [0.4, 0.5) is 5.69 Å². The highest BCUT2D eigenvalue weighted by Gasteiger charge is 2.24. The maximum absolute atomic E-state index is 5.94. The average Bonchev–Trinajstić information content (AvgIpc) is 2.71. The molecule has 1 saturated carbocycles. The molecule has 1 N–H and O–H groups in total. The fraction of sp³-hybridized carbons (Fsp3) is 0.409. The van der Waals surface area contributed by atoms with E-state index in [1.165, 1.54) is 18.4 Å². The molecule has 0 atom stereocenters. The zero-order valence-corrected chi connectivity index (χ0v) is 20.5. The molecular formula is C22H25BrINO2S. The monoisotopic (exact) mass is 573 g/mol. The van der Waals surface area contributed by atoms with Crippen LogP contribution < -0.4 is 10.1 Å². The second-order valence-electron chi connectivity index (χ2n) is 7.17. The third-order valence-electron chi connectivity index (χ3n) is 5.18. The molecule has 0 aromatic heterocycles. The lowest BCUT2D eigenvalue weighted by molar-refractivity contribution is 0.0711. The van der Waals surface area contributed by atoms with Crippen molar-refractivity contribution in [2.45, 2.75) is 32.3 Å². The summed E-state index contributed by atoms with van der Waals surface area (Å²) >= 11 is 11.6. The van der Waals surface area contributed by atoms with E-state index in [4.69, 9.17) is 21.7 Å². The zero-order valence-electron chi connectivity index (χ0n) is 15.9. The summed E-state index contributed by atoms with van der Waals surface area (Å²) in [6.07, 6.45) is 4.58. The summed E-state index contributed by atoms with van der Waals surface area (Å²) in [5, 5.41) is 3.45. The molecule has 0 unspecified atom stereocenters. The molecule has 1 aliphatic carbocycles. The Bertz CT molecular complexity index is 795. The molecule has 150 valence electrons. The van der Waals surface area contributed by atoms with Crippen LogP contribution in [0.25, 0.3) is 0 Å². The Morgan fingerprint density at radius 1 is 1.18 bits per heavy atom. The Hall–Kier alpha value is -0.700. The van der Waals surface area contributed by atoms with Gasteiger partial charge in [0.1, 0.15) is 5.75 Å². The van der Waals surface area contributed by atoms with Gasteiger partial charge in [-0.1, -0.05) is 42.5 Å². The molecule has 0 spiro atoms. The number of anilines is 1. The van der Waals surface area contributed by atoms with Gasteiger partial charge in [0, 0.05) is 22.2 Å². The van der Waals surface area contributed by atoms with E-state index in [0.717, 1.165) is 43.9 Å². The molecule has 2 aromatic rings. The van der Waals surface area contributed by atoms with Crippen LogP contribution in [0.3, 0.4) is 0 Å². The van der Waals surface area contributed by atoms with E-state index in [0.29, 0.717) is 18.4 Å². The highest BCUT2D eigenvalue weighted by atomic mass is 127. The van der Waals surface area contributed by atoms with Crippen LogP contribution in [0.2, 0.25) is 0 Å². The summed E-state index contributed by atoms with van der Waals surface area (Å²) < 4.78 is 13.4. The van der Waals surface area contributed by atoms with Crippen LogP contribution in [0.15, 0.2) is 46.9 Å². The SMILES string of the molecule is COc1cc(NC(=S)[C@H]2CC[C@H](COCc3ccccc3)CC2)c(I)cc1Br. The molecule has 0 radical (unpaired) electrons. The maximum atomic E-state index is 5.94. The van der Waals surface area contributed by atoms with Crippen molar-refractivity contribution in [3.8, 4) is 5.75 Å². The third-order valence-corrected chi connectivity index (χ3v) is 7.13. The van der Waals surface area contributed by atoms with Crippen molar-refractivity contribution in [1.29, 1.82) is 0 Å². The lowest BCUT2D eigenvalue weighted by Crippen LogP contribution is -2.27. The van der Waals surface area contributed by atoms with Gasteiger partial charge in [-0.05, 0) is 81.8 Å². The molecule has 0 saturated heterocycles.